The van der Waals surface area contributed by atoms with Gasteiger partial charge in [0.1, 0.15) is 0 Å². The smallest absolute Gasteiger partial charge is 0.153 e. The third-order valence-corrected chi connectivity index (χ3v) is 3.46. The summed E-state index contributed by atoms with van der Waals surface area (Å²) in [5.74, 6) is 0.829. The van der Waals surface area contributed by atoms with E-state index < -0.39 is 0 Å². The number of nitrogens with one attached hydrogen (secondary N) is 2. The van der Waals surface area contributed by atoms with E-state index >= 15 is 0 Å². The molecule has 0 aliphatic carbocycles. The van der Waals surface area contributed by atoms with Crippen LogP contribution in [-0.4, -0.2) is 25.0 Å². The molecule has 2 N–H and O–H groups in total. The first-order valence-corrected chi connectivity index (χ1v) is 6.90. The van der Waals surface area contributed by atoms with Crippen molar-refractivity contribution in [2.45, 2.75) is 26.9 Å². The molecule has 0 saturated heterocycles. The molecule has 3 aromatic rings. The molecule has 0 fully saturated rings. The molecular formula is C15H19ClN6. The fourth-order valence-corrected chi connectivity index (χ4v) is 2.27. The van der Waals surface area contributed by atoms with Gasteiger partial charge in [-0.1, -0.05) is 0 Å². The van der Waals surface area contributed by atoms with Gasteiger partial charge in [-0.2, -0.15) is 10.2 Å². The standard InChI is InChI=1S/C15H18N6.ClH/c1-11-14(12(2)20-19-11)10-16-9-13-4-6-17-15(8-13)21-7-3-5-18-21;/h3-8,16H,9-10H2,1-2H3,(H,19,20);1H. The number of H-pyrrole nitrogens is 1. The van der Waals surface area contributed by atoms with Gasteiger partial charge in [0.25, 0.3) is 0 Å². The van der Waals surface area contributed by atoms with Crippen molar-refractivity contribution in [1.82, 2.24) is 30.3 Å². The predicted molar refractivity (Wildman–Crippen MR) is 87.2 cm³/mol. The van der Waals surface area contributed by atoms with Crippen molar-refractivity contribution in [2.24, 2.45) is 0 Å². The first-order chi connectivity index (χ1) is 10.2. The maximum Gasteiger partial charge on any atom is 0.153 e. The number of hydrogen-bond donors (Lipinski definition) is 2. The van der Waals surface area contributed by atoms with E-state index in [-0.39, 0.29) is 12.4 Å². The lowest BCUT2D eigenvalue weighted by atomic mass is 10.2. The van der Waals surface area contributed by atoms with Crippen LogP contribution >= 0.6 is 12.4 Å². The second-order valence-electron chi connectivity index (χ2n) is 4.99. The fourth-order valence-electron chi connectivity index (χ4n) is 2.27. The van der Waals surface area contributed by atoms with Crippen molar-refractivity contribution in [3.05, 3.63) is 59.3 Å². The van der Waals surface area contributed by atoms with E-state index in [9.17, 15) is 0 Å². The zero-order valence-electron chi connectivity index (χ0n) is 12.6. The largest absolute Gasteiger partial charge is 0.308 e. The molecule has 6 nitrogen and oxygen atoms in total. The molecule has 3 heterocycles. The molecule has 0 aliphatic heterocycles. The fraction of sp³-hybridized carbons (Fsp3) is 0.267. The summed E-state index contributed by atoms with van der Waals surface area (Å²) in [6, 6.07) is 5.93. The van der Waals surface area contributed by atoms with Crippen molar-refractivity contribution >= 4 is 12.4 Å². The minimum atomic E-state index is 0. The first kappa shape index (κ1) is 16.2. The Kier molecular flexibility index (Phi) is 5.30. The average molecular weight is 319 g/mol. The molecule has 0 aliphatic rings. The minimum absolute atomic E-state index is 0. The summed E-state index contributed by atoms with van der Waals surface area (Å²) >= 11 is 0. The van der Waals surface area contributed by atoms with Gasteiger partial charge < -0.3 is 5.32 Å². The van der Waals surface area contributed by atoms with Crippen molar-refractivity contribution in [3.63, 3.8) is 0 Å². The van der Waals surface area contributed by atoms with Crippen LogP contribution in [0.1, 0.15) is 22.5 Å². The highest BCUT2D eigenvalue weighted by molar-refractivity contribution is 5.85. The molecule has 0 spiro atoms. The topological polar surface area (TPSA) is 71.4 Å². The van der Waals surface area contributed by atoms with Crippen LogP contribution in [0, 0.1) is 13.8 Å². The highest BCUT2D eigenvalue weighted by Gasteiger charge is 2.06. The number of aryl methyl sites for hydroxylation is 2. The van der Waals surface area contributed by atoms with Crippen LogP contribution in [0.5, 0.6) is 0 Å². The van der Waals surface area contributed by atoms with E-state index in [2.05, 4.69) is 25.6 Å². The van der Waals surface area contributed by atoms with Gasteiger partial charge in [-0.3, -0.25) is 5.10 Å². The molecule has 0 aromatic carbocycles. The second kappa shape index (κ2) is 7.20. The highest BCUT2D eigenvalue weighted by atomic mass is 35.5. The van der Waals surface area contributed by atoms with Gasteiger partial charge in [-0.15, -0.1) is 12.4 Å². The van der Waals surface area contributed by atoms with E-state index in [0.29, 0.717) is 0 Å². The SMILES string of the molecule is Cc1n[nH]c(C)c1CNCc1ccnc(-n2cccn2)c1.Cl. The van der Waals surface area contributed by atoms with Gasteiger partial charge in [0, 0.05) is 42.9 Å². The van der Waals surface area contributed by atoms with Crippen molar-refractivity contribution in [1.29, 1.82) is 0 Å². The Morgan fingerprint density at radius 2 is 2.09 bits per heavy atom. The van der Waals surface area contributed by atoms with Crippen molar-refractivity contribution < 1.29 is 0 Å². The normalized spacial score (nSPS) is 10.5. The third kappa shape index (κ3) is 3.52. The number of nitrogens with zero attached hydrogens (tertiary/aromatic N) is 4. The number of aromatic amines is 1. The average Bonchev–Trinajstić information content (AvgIpc) is 3.13. The van der Waals surface area contributed by atoms with Crippen LogP contribution < -0.4 is 5.32 Å². The summed E-state index contributed by atoms with van der Waals surface area (Å²) in [5, 5.41) is 14.8. The molecule has 7 heteroatoms. The Labute approximate surface area is 135 Å². The molecule has 3 rings (SSSR count). The van der Waals surface area contributed by atoms with Gasteiger partial charge >= 0.3 is 0 Å². The van der Waals surface area contributed by atoms with Crippen LogP contribution in [0.25, 0.3) is 5.82 Å². The van der Waals surface area contributed by atoms with Crippen molar-refractivity contribution in [2.75, 3.05) is 0 Å². The number of pyridine rings is 1. The van der Waals surface area contributed by atoms with Gasteiger partial charge in [-0.05, 0) is 37.6 Å². The van der Waals surface area contributed by atoms with Gasteiger partial charge in [0.2, 0.25) is 0 Å². The monoisotopic (exact) mass is 318 g/mol. The van der Waals surface area contributed by atoms with Crippen molar-refractivity contribution in [3.8, 4) is 5.82 Å². The van der Waals surface area contributed by atoms with E-state index in [1.165, 1.54) is 11.1 Å². The molecule has 0 bridgehead atoms. The lowest BCUT2D eigenvalue weighted by Gasteiger charge is -2.07. The Bertz CT molecular complexity index is 700. The Morgan fingerprint density at radius 3 is 2.77 bits per heavy atom. The van der Waals surface area contributed by atoms with Gasteiger partial charge in [-0.25, -0.2) is 9.67 Å². The van der Waals surface area contributed by atoms with Crippen LogP contribution in [0.2, 0.25) is 0 Å². The second-order valence-corrected chi connectivity index (χ2v) is 4.99. The molecule has 3 aromatic heterocycles. The minimum Gasteiger partial charge on any atom is -0.308 e. The summed E-state index contributed by atoms with van der Waals surface area (Å²) in [6.07, 6.45) is 5.44. The zero-order chi connectivity index (χ0) is 14.7. The first-order valence-electron chi connectivity index (χ1n) is 6.90. The Balaban J connectivity index is 0.00000176. The summed E-state index contributed by atoms with van der Waals surface area (Å²) in [6.45, 7) is 5.64. The lowest BCUT2D eigenvalue weighted by molar-refractivity contribution is 0.686. The number of rotatable bonds is 5. The van der Waals surface area contributed by atoms with Gasteiger partial charge in [0.05, 0.1) is 5.69 Å². The molecule has 0 unspecified atom stereocenters. The number of aromatic nitrogens is 5. The van der Waals surface area contributed by atoms with Crippen LogP contribution in [0.3, 0.4) is 0 Å². The summed E-state index contributed by atoms with van der Waals surface area (Å²) in [5.41, 5.74) is 4.57. The molecule has 0 amide bonds. The van der Waals surface area contributed by atoms with Crippen LogP contribution in [0.4, 0.5) is 0 Å². The summed E-state index contributed by atoms with van der Waals surface area (Å²) in [4.78, 5) is 4.33. The Morgan fingerprint density at radius 1 is 1.23 bits per heavy atom. The molecule has 0 atom stereocenters. The quantitative estimate of drug-likeness (QED) is 0.757. The molecule has 22 heavy (non-hydrogen) atoms. The number of halogens is 1. The third-order valence-electron chi connectivity index (χ3n) is 3.46. The van der Waals surface area contributed by atoms with E-state index in [4.69, 9.17) is 0 Å². The maximum atomic E-state index is 4.33. The molecule has 116 valence electrons. The lowest BCUT2D eigenvalue weighted by Crippen LogP contribution is -2.14. The molecule has 0 radical (unpaired) electrons. The van der Waals surface area contributed by atoms with E-state index in [0.717, 1.165) is 30.3 Å². The molecule has 0 saturated carbocycles. The van der Waals surface area contributed by atoms with E-state index in [1.54, 1.807) is 10.9 Å². The van der Waals surface area contributed by atoms with Gasteiger partial charge in [0.15, 0.2) is 5.82 Å². The van der Waals surface area contributed by atoms with Crippen LogP contribution in [-0.2, 0) is 13.1 Å². The Hall–Kier alpha value is -2.18. The van der Waals surface area contributed by atoms with Crippen LogP contribution in [0.15, 0.2) is 36.8 Å². The predicted octanol–water partition coefficient (Wildman–Crippen LogP) is 2.32. The highest BCUT2D eigenvalue weighted by Crippen LogP contribution is 2.10. The summed E-state index contributed by atoms with van der Waals surface area (Å²) in [7, 11) is 0. The molecular weight excluding hydrogens is 300 g/mol. The maximum absolute atomic E-state index is 4.33. The number of hydrogen-bond acceptors (Lipinski definition) is 4. The summed E-state index contributed by atoms with van der Waals surface area (Å²) < 4.78 is 1.76. The zero-order valence-corrected chi connectivity index (χ0v) is 13.4. The van der Waals surface area contributed by atoms with E-state index in [1.807, 2.05) is 44.4 Å².